The van der Waals surface area contributed by atoms with E-state index in [0.717, 1.165) is 28.6 Å². The van der Waals surface area contributed by atoms with Crippen LogP contribution in [-0.2, 0) is 0 Å². The van der Waals surface area contributed by atoms with E-state index >= 15 is 0 Å². The Balaban J connectivity index is 1.63. The van der Waals surface area contributed by atoms with Gasteiger partial charge in [-0.2, -0.15) is 0 Å². The van der Waals surface area contributed by atoms with Crippen molar-refractivity contribution in [1.29, 1.82) is 0 Å². The molecule has 1 N–H and O–H groups in total. The Morgan fingerprint density at radius 2 is 2.15 bits per heavy atom. The van der Waals surface area contributed by atoms with E-state index in [9.17, 15) is 0 Å². The maximum atomic E-state index is 5.69. The first kappa shape index (κ1) is 15.4. The SMILES string of the molecule is CCCNC(C)CCCCSc1nc2ccccc2o1. The molecule has 0 amide bonds. The summed E-state index contributed by atoms with van der Waals surface area (Å²) in [6.45, 7) is 5.60. The molecule has 0 spiro atoms. The third-order valence-electron chi connectivity index (χ3n) is 3.27. The van der Waals surface area contributed by atoms with E-state index in [1.54, 1.807) is 11.8 Å². The summed E-state index contributed by atoms with van der Waals surface area (Å²) < 4.78 is 5.69. The van der Waals surface area contributed by atoms with Crippen LogP contribution in [0.15, 0.2) is 33.9 Å². The van der Waals surface area contributed by atoms with Gasteiger partial charge in [0.1, 0.15) is 5.52 Å². The molecule has 2 rings (SSSR count). The van der Waals surface area contributed by atoms with Gasteiger partial charge in [0.25, 0.3) is 5.22 Å². The maximum Gasteiger partial charge on any atom is 0.256 e. The Morgan fingerprint density at radius 1 is 1.30 bits per heavy atom. The minimum Gasteiger partial charge on any atom is -0.431 e. The molecule has 20 heavy (non-hydrogen) atoms. The quantitative estimate of drug-likeness (QED) is 0.546. The monoisotopic (exact) mass is 292 g/mol. The Bertz CT molecular complexity index is 479. The highest BCUT2D eigenvalue weighted by molar-refractivity contribution is 7.99. The van der Waals surface area contributed by atoms with E-state index in [4.69, 9.17) is 4.42 Å². The Hall–Kier alpha value is -1.00. The molecule has 2 aromatic rings. The highest BCUT2D eigenvalue weighted by Crippen LogP contribution is 2.24. The van der Waals surface area contributed by atoms with Gasteiger partial charge in [0, 0.05) is 11.8 Å². The molecule has 0 saturated carbocycles. The zero-order valence-corrected chi connectivity index (χ0v) is 13.2. The number of thioether (sulfide) groups is 1. The molecule has 0 aliphatic rings. The van der Waals surface area contributed by atoms with E-state index in [0.29, 0.717) is 6.04 Å². The van der Waals surface area contributed by atoms with Crippen molar-refractivity contribution in [2.75, 3.05) is 12.3 Å². The summed E-state index contributed by atoms with van der Waals surface area (Å²) in [5.74, 6) is 1.08. The summed E-state index contributed by atoms with van der Waals surface area (Å²) in [7, 11) is 0. The smallest absolute Gasteiger partial charge is 0.256 e. The number of nitrogens with zero attached hydrogens (tertiary/aromatic N) is 1. The fraction of sp³-hybridized carbons (Fsp3) is 0.562. The molecule has 1 aromatic heterocycles. The molecule has 0 aliphatic carbocycles. The first-order valence-corrected chi connectivity index (χ1v) is 8.50. The molecule has 1 aromatic carbocycles. The molecular formula is C16H24N2OS. The number of hydrogen-bond donors (Lipinski definition) is 1. The number of rotatable bonds is 9. The van der Waals surface area contributed by atoms with Crippen LogP contribution in [0.1, 0.15) is 39.5 Å². The fourth-order valence-corrected chi connectivity index (χ4v) is 2.95. The van der Waals surface area contributed by atoms with Gasteiger partial charge >= 0.3 is 0 Å². The van der Waals surface area contributed by atoms with Crippen molar-refractivity contribution < 1.29 is 4.42 Å². The van der Waals surface area contributed by atoms with E-state index in [1.165, 1.54) is 25.7 Å². The van der Waals surface area contributed by atoms with Gasteiger partial charge in [-0.05, 0) is 44.9 Å². The second kappa shape index (κ2) is 8.32. The summed E-state index contributed by atoms with van der Waals surface area (Å²) in [6, 6.07) is 8.55. The molecule has 0 saturated heterocycles. The van der Waals surface area contributed by atoms with Gasteiger partial charge in [0.15, 0.2) is 5.58 Å². The second-order valence-corrected chi connectivity index (χ2v) is 6.19. The molecule has 0 bridgehead atoms. The average Bonchev–Trinajstić information content (AvgIpc) is 2.87. The molecule has 1 unspecified atom stereocenters. The van der Waals surface area contributed by atoms with E-state index in [2.05, 4.69) is 24.1 Å². The van der Waals surface area contributed by atoms with Crippen LogP contribution in [0.3, 0.4) is 0 Å². The predicted octanol–water partition coefficient (Wildman–Crippen LogP) is 4.48. The highest BCUT2D eigenvalue weighted by Gasteiger charge is 2.05. The van der Waals surface area contributed by atoms with Gasteiger partial charge in [-0.1, -0.05) is 37.2 Å². The van der Waals surface area contributed by atoms with Crippen LogP contribution in [-0.4, -0.2) is 23.3 Å². The molecule has 0 fully saturated rings. The van der Waals surface area contributed by atoms with Crippen molar-refractivity contribution in [3.63, 3.8) is 0 Å². The zero-order chi connectivity index (χ0) is 14.2. The number of benzene rings is 1. The largest absolute Gasteiger partial charge is 0.431 e. The number of hydrogen-bond acceptors (Lipinski definition) is 4. The van der Waals surface area contributed by atoms with Gasteiger partial charge in [-0.15, -0.1) is 0 Å². The zero-order valence-electron chi connectivity index (χ0n) is 12.4. The van der Waals surface area contributed by atoms with Crippen LogP contribution in [0.25, 0.3) is 11.1 Å². The summed E-state index contributed by atoms with van der Waals surface area (Å²) >= 11 is 1.72. The summed E-state index contributed by atoms with van der Waals surface area (Å²) in [5.41, 5.74) is 1.83. The van der Waals surface area contributed by atoms with Crippen LogP contribution >= 0.6 is 11.8 Å². The van der Waals surface area contributed by atoms with Crippen LogP contribution in [0.2, 0.25) is 0 Å². The molecule has 1 atom stereocenters. The first-order valence-electron chi connectivity index (χ1n) is 7.51. The highest BCUT2D eigenvalue weighted by atomic mass is 32.2. The third kappa shape index (κ3) is 4.84. The number of para-hydroxylation sites is 2. The third-order valence-corrected chi connectivity index (χ3v) is 4.19. The predicted molar refractivity (Wildman–Crippen MR) is 86.3 cm³/mol. The number of unbranched alkanes of at least 4 members (excludes halogenated alkanes) is 1. The van der Waals surface area contributed by atoms with Gasteiger partial charge in [-0.3, -0.25) is 0 Å². The van der Waals surface area contributed by atoms with Gasteiger partial charge in [0.2, 0.25) is 0 Å². The Labute approximate surface area is 125 Å². The van der Waals surface area contributed by atoms with Gasteiger partial charge < -0.3 is 9.73 Å². The molecule has 1 heterocycles. The maximum absolute atomic E-state index is 5.69. The molecule has 4 heteroatoms. The van der Waals surface area contributed by atoms with Crippen LogP contribution in [0.5, 0.6) is 0 Å². The van der Waals surface area contributed by atoms with E-state index in [1.807, 2.05) is 24.3 Å². The number of aromatic nitrogens is 1. The van der Waals surface area contributed by atoms with E-state index < -0.39 is 0 Å². The Kier molecular flexibility index (Phi) is 6.40. The molecule has 3 nitrogen and oxygen atoms in total. The minimum atomic E-state index is 0.629. The first-order chi connectivity index (χ1) is 9.79. The van der Waals surface area contributed by atoms with Crippen molar-refractivity contribution in [1.82, 2.24) is 10.3 Å². The minimum absolute atomic E-state index is 0.629. The lowest BCUT2D eigenvalue weighted by atomic mass is 10.1. The number of nitrogens with one attached hydrogen (secondary N) is 1. The second-order valence-electron chi connectivity index (χ2n) is 5.15. The van der Waals surface area contributed by atoms with Crippen molar-refractivity contribution >= 4 is 22.9 Å². The number of oxazole rings is 1. The normalized spacial score (nSPS) is 12.9. The average molecular weight is 292 g/mol. The molecular weight excluding hydrogens is 268 g/mol. The van der Waals surface area contributed by atoms with Crippen LogP contribution in [0.4, 0.5) is 0 Å². The summed E-state index contributed by atoms with van der Waals surface area (Å²) in [5, 5.41) is 4.32. The van der Waals surface area contributed by atoms with Crippen LogP contribution in [0, 0.1) is 0 Å². The lowest BCUT2D eigenvalue weighted by Gasteiger charge is -2.12. The fourth-order valence-electron chi connectivity index (χ4n) is 2.12. The van der Waals surface area contributed by atoms with E-state index in [-0.39, 0.29) is 0 Å². The molecule has 110 valence electrons. The number of fused-ring (bicyclic) bond motifs is 1. The standard InChI is InChI=1S/C16H24N2OS/c1-3-11-17-13(2)8-6-7-12-20-16-18-14-9-4-5-10-15(14)19-16/h4-5,9-10,13,17H,3,6-8,11-12H2,1-2H3. The topological polar surface area (TPSA) is 38.1 Å². The molecule has 0 aliphatic heterocycles. The lowest BCUT2D eigenvalue weighted by Crippen LogP contribution is -2.26. The van der Waals surface area contributed by atoms with Crippen LogP contribution < -0.4 is 5.32 Å². The Morgan fingerprint density at radius 3 is 2.95 bits per heavy atom. The lowest BCUT2D eigenvalue weighted by molar-refractivity contribution is 0.486. The van der Waals surface area contributed by atoms with Crippen molar-refractivity contribution in [3.05, 3.63) is 24.3 Å². The van der Waals surface area contributed by atoms with Gasteiger partial charge in [-0.25, -0.2) is 4.98 Å². The summed E-state index contributed by atoms with van der Waals surface area (Å²) in [6.07, 6.45) is 4.92. The van der Waals surface area contributed by atoms with Crippen molar-refractivity contribution in [2.45, 2.75) is 50.8 Å². The molecule has 0 radical (unpaired) electrons. The van der Waals surface area contributed by atoms with Crippen molar-refractivity contribution in [2.24, 2.45) is 0 Å². The van der Waals surface area contributed by atoms with Gasteiger partial charge in [0.05, 0.1) is 0 Å². The van der Waals surface area contributed by atoms with Crippen molar-refractivity contribution in [3.8, 4) is 0 Å². The summed E-state index contributed by atoms with van der Waals surface area (Å²) in [4.78, 5) is 4.47.